The molecule has 2 aromatic heterocycles. The molecule has 10 nitrogen and oxygen atoms in total. The molecule has 0 saturated heterocycles. The number of alkyl halides is 2. The van der Waals surface area contributed by atoms with Crippen molar-refractivity contribution in [2.75, 3.05) is 6.61 Å². The lowest BCUT2D eigenvalue weighted by atomic mass is 9.99. The summed E-state index contributed by atoms with van der Waals surface area (Å²) in [7, 11) is 0. The van der Waals surface area contributed by atoms with E-state index in [1.807, 2.05) is 36.4 Å². The van der Waals surface area contributed by atoms with Crippen LogP contribution in [-0.4, -0.2) is 45.2 Å². The Morgan fingerprint density at radius 2 is 1.93 bits per heavy atom. The predicted molar refractivity (Wildman–Crippen MR) is 165 cm³/mol. The van der Waals surface area contributed by atoms with Gasteiger partial charge in [0.1, 0.15) is 11.9 Å². The van der Waals surface area contributed by atoms with Crippen molar-refractivity contribution >= 4 is 22.7 Å². The molecule has 46 heavy (non-hydrogen) atoms. The van der Waals surface area contributed by atoms with Gasteiger partial charge in [-0.1, -0.05) is 24.3 Å². The van der Waals surface area contributed by atoms with Gasteiger partial charge >= 0.3 is 5.92 Å². The van der Waals surface area contributed by atoms with Crippen molar-refractivity contribution < 1.29 is 32.9 Å². The van der Waals surface area contributed by atoms with E-state index >= 15 is 0 Å². The summed E-state index contributed by atoms with van der Waals surface area (Å²) < 4.78 is 35.6. The minimum absolute atomic E-state index is 0.231. The molecule has 0 aliphatic carbocycles. The Morgan fingerprint density at radius 1 is 1.07 bits per heavy atom. The molecule has 5 aromatic rings. The molecule has 3 aromatic carbocycles. The number of amides is 2. The van der Waals surface area contributed by atoms with Gasteiger partial charge in [0, 0.05) is 48.8 Å². The third-order valence-corrected chi connectivity index (χ3v) is 7.57. The topological polar surface area (TPSA) is 117 Å². The molecule has 0 saturated carbocycles. The van der Waals surface area contributed by atoms with Crippen LogP contribution in [0.1, 0.15) is 47.0 Å². The summed E-state index contributed by atoms with van der Waals surface area (Å²) in [6.07, 6.45) is 4.85. The molecule has 0 bridgehead atoms. The van der Waals surface area contributed by atoms with Crippen LogP contribution in [-0.2, 0) is 22.6 Å². The van der Waals surface area contributed by atoms with Crippen LogP contribution in [0.5, 0.6) is 11.5 Å². The van der Waals surface area contributed by atoms with E-state index < -0.39 is 24.0 Å². The van der Waals surface area contributed by atoms with Crippen LogP contribution in [0, 0.1) is 0 Å². The van der Waals surface area contributed by atoms with Crippen molar-refractivity contribution in [1.29, 1.82) is 0 Å². The van der Waals surface area contributed by atoms with E-state index in [1.165, 1.54) is 0 Å². The lowest BCUT2D eigenvalue weighted by Gasteiger charge is -2.28. The zero-order chi connectivity index (χ0) is 32.3. The Balaban J connectivity index is 1.24. The number of halogens is 2. The molecule has 2 atom stereocenters. The van der Waals surface area contributed by atoms with E-state index in [0.717, 1.165) is 22.0 Å². The Bertz CT molecular complexity index is 1880. The summed E-state index contributed by atoms with van der Waals surface area (Å²) >= 11 is 0. The molecule has 3 heterocycles. The van der Waals surface area contributed by atoms with Gasteiger partial charge in [-0.25, -0.2) is 4.68 Å². The monoisotopic (exact) mass is 627 g/mol. The van der Waals surface area contributed by atoms with Gasteiger partial charge in [0.15, 0.2) is 5.75 Å². The SMILES string of the molecule is C[C@H](NC(=O)C(C)(F)F)[C@H](Oc1ccc2c(cnn2-c2cccc(C(=O)NCc3cccnc3)c2)c1)c1ccc2c(c1)OOCC2. The largest absolute Gasteiger partial charge is 0.484 e. The Kier molecular flexibility index (Phi) is 8.62. The Morgan fingerprint density at radius 3 is 2.74 bits per heavy atom. The van der Waals surface area contributed by atoms with Gasteiger partial charge in [0.25, 0.3) is 11.8 Å². The number of carbonyl (C=O) groups is 2. The maximum atomic E-state index is 13.8. The molecule has 236 valence electrons. The molecule has 12 heteroatoms. The first-order valence-corrected chi connectivity index (χ1v) is 14.7. The fraction of sp³-hybridized carbons (Fsp3) is 0.235. The van der Waals surface area contributed by atoms with Gasteiger partial charge in [-0.15, -0.1) is 0 Å². The first-order chi connectivity index (χ1) is 22.2. The van der Waals surface area contributed by atoms with Crippen LogP contribution in [0.3, 0.4) is 0 Å². The van der Waals surface area contributed by atoms with Crippen LogP contribution in [0.15, 0.2) is 91.4 Å². The van der Waals surface area contributed by atoms with Crippen LogP contribution in [0.25, 0.3) is 16.6 Å². The number of hydrogen-bond donors (Lipinski definition) is 2. The summed E-state index contributed by atoms with van der Waals surface area (Å²) in [5.74, 6) is -4.27. The van der Waals surface area contributed by atoms with Crippen LogP contribution in [0.4, 0.5) is 8.78 Å². The standard InChI is InChI=1S/C34H31F2N5O5/c1-21(40-33(43)34(2,35)36)31(24-9-8-23-12-14-44-46-30(23)17-24)45-28-10-11-29-26(16-28)20-39-41(29)27-7-3-6-25(15-27)32(42)38-19-22-5-4-13-37-18-22/h3-11,13,15-18,20-21,31H,12,14,19H2,1-2H3,(H,38,42)(H,40,43)/t21-,31-/m0/s1. The zero-order valence-electron chi connectivity index (χ0n) is 25.1. The second kappa shape index (κ2) is 12.9. The lowest BCUT2D eigenvalue weighted by molar-refractivity contribution is -0.215. The van der Waals surface area contributed by atoms with Gasteiger partial charge in [-0.2, -0.15) is 18.8 Å². The molecular weight excluding hydrogens is 596 g/mol. The second-order valence-corrected chi connectivity index (χ2v) is 11.1. The average Bonchev–Trinajstić information content (AvgIpc) is 3.49. The van der Waals surface area contributed by atoms with E-state index in [0.29, 0.717) is 54.8 Å². The number of hydrogen-bond acceptors (Lipinski definition) is 7. The van der Waals surface area contributed by atoms with Crippen molar-refractivity contribution in [3.05, 3.63) is 114 Å². The number of nitrogens with zero attached hydrogens (tertiary/aromatic N) is 3. The molecule has 0 fully saturated rings. The van der Waals surface area contributed by atoms with Crippen LogP contribution < -0.4 is 20.3 Å². The maximum absolute atomic E-state index is 13.8. The second-order valence-electron chi connectivity index (χ2n) is 11.1. The van der Waals surface area contributed by atoms with Crippen LogP contribution in [0.2, 0.25) is 0 Å². The van der Waals surface area contributed by atoms with E-state index in [9.17, 15) is 18.4 Å². The predicted octanol–water partition coefficient (Wildman–Crippen LogP) is 5.50. The average molecular weight is 628 g/mol. The van der Waals surface area contributed by atoms with Crippen LogP contribution >= 0.6 is 0 Å². The van der Waals surface area contributed by atoms with Crippen molar-refractivity contribution in [2.24, 2.45) is 0 Å². The zero-order valence-corrected chi connectivity index (χ0v) is 25.1. The number of carbonyl (C=O) groups excluding carboxylic acids is 2. The summed E-state index contributed by atoms with van der Waals surface area (Å²) in [6, 6.07) is 20.7. The number of rotatable bonds is 10. The summed E-state index contributed by atoms with van der Waals surface area (Å²) in [4.78, 5) is 39.6. The number of benzene rings is 3. The fourth-order valence-corrected chi connectivity index (χ4v) is 5.16. The van der Waals surface area contributed by atoms with Gasteiger partial charge < -0.3 is 20.3 Å². The van der Waals surface area contributed by atoms with Crippen molar-refractivity contribution in [3.63, 3.8) is 0 Å². The molecule has 6 rings (SSSR count). The highest BCUT2D eigenvalue weighted by atomic mass is 19.3. The normalized spacial score (nSPS) is 14.1. The molecular formula is C34H31F2N5O5. The van der Waals surface area contributed by atoms with Gasteiger partial charge in [0.2, 0.25) is 0 Å². The van der Waals surface area contributed by atoms with E-state index in [4.69, 9.17) is 14.5 Å². The third kappa shape index (κ3) is 6.81. The van der Waals surface area contributed by atoms with E-state index in [1.54, 1.807) is 66.6 Å². The van der Waals surface area contributed by atoms with Crippen molar-refractivity contribution in [1.82, 2.24) is 25.4 Å². The van der Waals surface area contributed by atoms with E-state index in [2.05, 4.69) is 20.7 Å². The summed E-state index contributed by atoms with van der Waals surface area (Å²) in [6.45, 7) is 2.91. The smallest absolute Gasteiger partial charge is 0.321 e. The number of fused-ring (bicyclic) bond motifs is 2. The third-order valence-electron chi connectivity index (χ3n) is 7.57. The van der Waals surface area contributed by atoms with Crippen molar-refractivity contribution in [3.8, 4) is 17.2 Å². The summed E-state index contributed by atoms with van der Waals surface area (Å²) in [5, 5.41) is 10.6. The first-order valence-electron chi connectivity index (χ1n) is 14.7. The number of aromatic nitrogens is 3. The highest BCUT2D eigenvalue weighted by Crippen LogP contribution is 2.33. The number of ether oxygens (including phenoxy) is 1. The molecule has 0 unspecified atom stereocenters. The van der Waals surface area contributed by atoms with E-state index in [-0.39, 0.29) is 5.91 Å². The van der Waals surface area contributed by atoms with Gasteiger partial charge in [-0.3, -0.25) is 14.6 Å². The highest BCUT2D eigenvalue weighted by Gasteiger charge is 2.35. The molecule has 0 spiro atoms. The number of nitrogens with one attached hydrogen (secondary N) is 2. The molecule has 0 radical (unpaired) electrons. The highest BCUT2D eigenvalue weighted by molar-refractivity contribution is 5.95. The van der Waals surface area contributed by atoms with Gasteiger partial charge in [0.05, 0.1) is 30.0 Å². The summed E-state index contributed by atoms with van der Waals surface area (Å²) in [5.41, 5.74) is 4.34. The minimum Gasteiger partial charge on any atom is -0.484 e. The fourth-order valence-electron chi connectivity index (χ4n) is 5.16. The lowest BCUT2D eigenvalue weighted by Crippen LogP contribution is -2.46. The Hall–Kier alpha value is -5.36. The maximum Gasteiger partial charge on any atom is 0.321 e. The molecule has 2 amide bonds. The molecule has 2 N–H and O–H groups in total. The number of pyridine rings is 1. The first kappa shape index (κ1) is 30.7. The van der Waals surface area contributed by atoms with Crippen molar-refractivity contribution in [2.45, 2.75) is 44.9 Å². The van der Waals surface area contributed by atoms with Gasteiger partial charge in [-0.05, 0) is 66.6 Å². The Labute approximate surface area is 263 Å². The molecule has 1 aliphatic heterocycles. The minimum atomic E-state index is -3.56. The quantitative estimate of drug-likeness (QED) is 0.197. The molecule has 1 aliphatic rings.